The number of benzene rings is 2. The van der Waals surface area contributed by atoms with E-state index in [1.165, 1.54) is 4.90 Å². The topological polar surface area (TPSA) is 181 Å². The molecule has 0 aromatic heterocycles. The Morgan fingerprint density at radius 2 is 1.68 bits per heavy atom. The third-order valence-electron chi connectivity index (χ3n) is 8.56. The highest BCUT2D eigenvalue weighted by molar-refractivity contribution is 5.95. The van der Waals surface area contributed by atoms with Crippen molar-refractivity contribution in [2.24, 2.45) is 17.6 Å². The van der Waals surface area contributed by atoms with Gasteiger partial charge in [0.15, 0.2) is 0 Å². The number of halogens is 1. The number of carbonyl (C=O) groups excluding carboxylic acids is 5. The molecule has 1 saturated carbocycles. The van der Waals surface area contributed by atoms with E-state index in [1.807, 2.05) is 0 Å². The summed E-state index contributed by atoms with van der Waals surface area (Å²) in [6.07, 6.45) is 2.81. The number of nitrogens with one attached hydrogen (secondary N) is 4. The van der Waals surface area contributed by atoms with Crippen molar-refractivity contribution < 1.29 is 33.4 Å². The van der Waals surface area contributed by atoms with Gasteiger partial charge in [-0.1, -0.05) is 38.1 Å². The Bertz CT molecular complexity index is 1450. The van der Waals surface area contributed by atoms with Crippen LogP contribution in [0.1, 0.15) is 51.2 Å². The summed E-state index contributed by atoms with van der Waals surface area (Å²) in [7, 11) is 1.55. The predicted molar refractivity (Wildman–Crippen MR) is 191 cm³/mol. The summed E-state index contributed by atoms with van der Waals surface area (Å²) in [4.78, 5) is 68.6. The maximum atomic E-state index is 13.8. The summed E-state index contributed by atoms with van der Waals surface area (Å²) in [5.41, 5.74) is 7.03. The van der Waals surface area contributed by atoms with Crippen molar-refractivity contribution in [3.8, 4) is 11.5 Å². The molecule has 0 unspecified atom stereocenters. The van der Waals surface area contributed by atoms with E-state index >= 15 is 0 Å². The minimum atomic E-state index is -1.10. The average Bonchev–Trinajstić information content (AvgIpc) is 3.90. The van der Waals surface area contributed by atoms with Crippen LogP contribution in [-0.4, -0.2) is 92.0 Å². The highest BCUT2D eigenvalue weighted by Crippen LogP contribution is 2.30. The molecule has 2 aromatic rings. The van der Waals surface area contributed by atoms with E-state index in [0.717, 1.165) is 24.0 Å². The van der Waals surface area contributed by atoms with Crippen molar-refractivity contribution in [1.29, 1.82) is 0 Å². The normalized spacial score (nSPS) is 22.4. The Morgan fingerprint density at radius 1 is 1.00 bits per heavy atom. The van der Waals surface area contributed by atoms with Gasteiger partial charge in [-0.05, 0) is 73.4 Å². The van der Waals surface area contributed by atoms with Gasteiger partial charge in [0.1, 0.15) is 36.2 Å². The fourth-order valence-corrected chi connectivity index (χ4v) is 5.77. The second kappa shape index (κ2) is 19.1. The molecule has 3 aliphatic rings. The highest BCUT2D eigenvalue weighted by atomic mass is 35.5. The number of nitrogens with two attached hydrogens (primary N) is 1. The van der Waals surface area contributed by atoms with Gasteiger partial charge in [-0.3, -0.25) is 24.0 Å². The first-order chi connectivity index (χ1) is 23.4. The van der Waals surface area contributed by atoms with Gasteiger partial charge in [0.2, 0.25) is 29.5 Å². The first-order valence-electron chi connectivity index (χ1n) is 17.0. The van der Waals surface area contributed by atoms with Gasteiger partial charge in [-0.15, -0.1) is 12.4 Å². The van der Waals surface area contributed by atoms with Crippen LogP contribution in [0.3, 0.4) is 0 Å². The van der Waals surface area contributed by atoms with E-state index in [1.54, 1.807) is 62.6 Å². The molecule has 2 aliphatic heterocycles. The minimum Gasteiger partial charge on any atom is -0.497 e. The second-order valence-corrected chi connectivity index (χ2v) is 13.4. The van der Waals surface area contributed by atoms with Crippen LogP contribution >= 0.6 is 12.4 Å². The fourth-order valence-electron chi connectivity index (χ4n) is 5.77. The van der Waals surface area contributed by atoms with Crippen molar-refractivity contribution >= 4 is 41.9 Å². The predicted octanol–water partition coefficient (Wildman–Crippen LogP) is 1.50. The molecule has 0 radical (unpaired) electrons. The Morgan fingerprint density at radius 3 is 2.28 bits per heavy atom. The summed E-state index contributed by atoms with van der Waals surface area (Å²) in [5, 5.41) is 11.3. The second-order valence-electron chi connectivity index (χ2n) is 13.4. The molecule has 14 heteroatoms. The van der Waals surface area contributed by atoms with E-state index < -0.39 is 41.8 Å². The molecule has 274 valence electrons. The molecule has 6 N–H and O–H groups in total. The van der Waals surface area contributed by atoms with Crippen LogP contribution in [0.4, 0.5) is 0 Å². The highest BCUT2D eigenvalue weighted by Gasteiger charge is 2.33. The Labute approximate surface area is 300 Å². The number of rotatable bonds is 9. The van der Waals surface area contributed by atoms with Gasteiger partial charge in [0, 0.05) is 19.4 Å². The molecular formula is C36H51ClN6O7. The summed E-state index contributed by atoms with van der Waals surface area (Å²) >= 11 is 0. The maximum Gasteiger partial charge on any atom is 0.245 e. The van der Waals surface area contributed by atoms with Gasteiger partial charge in [-0.2, -0.15) is 0 Å². The Balaban J connectivity index is 0.00000676. The molecule has 1 fully saturated rings. The number of fused-ring (bicyclic) bond motifs is 17. The molecule has 50 heavy (non-hydrogen) atoms. The number of nitrogens with zero attached hydrogens (tertiary/aromatic N) is 1. The van der Waals surface area contributed by atoms with Gasteiger partial charge in [-0.25, -0.2) is 0 Å². The van der Waals surface area contributed by atoms with E-state index in [0.29, 0.717) is 30.4 Å². The van der Waals surface area contributed by atoms with E-state index in [4.69, 9.17) is 15.2 Å². The molecule has 0 spiro atoms. The summed E-state index contributed by atoms with van der Waals surface area (Å²) in [6, 6.07) is 10.7. The van der Waals surface area contributed by atoms with Crippen molar-refractivity contribution in [3.05, 3.63) is 59.7 Å². The summed E-state index contributed by atoms with van der Waals surface area (Å²) in [5.74, 6) is -0.632. The molecular weight excluding hydrogens is 664 g/mol. The lowest BCUT2D eigenvalue weighted by atomic mass is 10.0. The summed E-state index contributed by atoms with van der Waals surface area (Å²) < 4.78 is 11.3. The monoisotopic (exact) mass is 714 g/mol. The largest absolute Gasteiger partial charge is 0.497 e. The van der Waals surface area contributed by atoms with Gasteiger partial charge >= 0.3 is 0 Å². The number of hydrogen-bond acceptors (Lipinski definition) is 8. The SMILES string of the molecule is COc1ccc(C[C@@H]2NC(=O)[C@@H](NC(=O)CN)Cc3ccc(cc3)OC[C@H](CC(C)C)NC(=O)CN(CC3CC3)C(=O)[C@@H](C)NC2=O)cc1.Cl. The molecule has 0 saturated heterocycles. The zero-order chi connectivity index (χ0) is 35.5. The molecule has 5 rings (SSSR count). The number of amides is 5. The van der Waals surface area contributed by atoms with Gasteiger partial charge in [0.25, 0.3) is 0 Å². The van der Waals surface area contributed by atoms with Crippen LogP contribution in [0.25, 0.3) is 0 Å². The van der Waals surface area contributed by atoms with E-state index in [-0.39, 0.29) is 62.8 Å². The van der Waals surface area contributed by atoms with Crippen LogP contribution in [0.5, 0.6) is 11.5 Å². The molecule has 2 heterocycles. The zero-order valence-corrected chi connectivity index (χ0v) is 30.1. The van der Waals surface area contributed by atoms with Crippen LogP contribution in [-0.2, 0) is 36.8 Å². The first-order valence-corrected chi connectivity index (χ1v) is 17.0. The quantitative estimate of drug-likeness (QED) is 0.242. The van der Waals surface area contributed by atoms with Crippen molar-refractivity contribution in [3.63, 3.8) is 0 Å². The van der Waals surface area contributed by atoms with Gasteiger partial charge < -0.3 is 41.4 Å². The Kier molecular flexibility index (Phi) is 15.3. The lowest BCUT2D eigenvalue weighted by Gasteiger charge is -2.29. The van der Waals surface area contributed by atoms with Crippen molar-refractivity contribution in [1.82, 2.24) is 26.2 Å². The number of methoxy groups -OCH3 is 1. The lowest BCUT2D eigenvalue weighted by Crippen LogP contribution is -2.58. The smallest absolute Gasteiger partial charge is 0.245 e. The third-order valence-corrected chi connectivity index (χ3v) is 8.56. The number of carbonyl (C=O) groups is 5. The minimum absolute atomic E-state index is 0. The lowest BCUT2D eigenvalue weighted by molar-refractivity contribution is -0.140. The zero-order valence-electron chi connectivity index (χ0n) is 29.2. The number of ether oxygens (including phenoxy) is 2. The van der Waals surface area contributed by atoms with Crippen LogP contribution in [0.2, 0.25) is 0 Å². The average molecular weight is 715 g/mol. The first kappa shape index (κ1) is 40.1. The maximum absolute atomic E-state index is 13.8. The summed E-state index contributed by atoms with van der Waals surface area (Å²) in [6.45, 7) is 5.83. The molecule has 2 bridgehead atoms. The van der Waals surface area contributed by atoms with E-state index in [2.05, 4.69) is 35.1 Å². The molecule has 5 amide bonds. The molecule has 13 nitrogen and oxygen atoms in total. The van der Waals surface area contributed by atoms with E-state index in [9.17, 15) is 24.0 Å². The van der Waals surface area contributed by atoms with Crippen molar-refractivity contribution in [2.75, 3.05) is 33.4 Å². The third kappa shape index (κ3) is 12.5. The standard InChI is InChI=1S/C36H50N6O7.ClH/c1-22(2)15-27-21-49-29-13-9-25(10-14-29)16-30(40-32(43)18-37)35(46)41-31(17-24-7-11-28(48-4)12-8-24)34(45)38-23(3)36(47)42(19-26-5-6-26)20-33(44)39-27;/h7-14,22-23,26-27,30-31H,5-6,15-21,37H2,1-4H3,(H,38,45)(H,39,44)(H,40,43)(H,41,46);1H/t23-,27+,30+,31+;/m1./s1. The molecule has 1 aliphatic carbocycles. The van der Waals surface area contributed by atoms with Crippen LogP contribution in [0, 0.1) is 11.8 Å². The van der Waals surface area contributed by atoms with Crippen LogP contribution < -0.4 is 36.5 Å². The van der Waals surface area contributed by atoms with Crippen LogP contribution in [0.15, 0.2) is 48.5 Å². The Hall–Kier alpha value is -4.36. The number of hydrogen-bond donors (Lipinski definition) is 5. The molecule has 2 aromatic carbocycles. The van der Waals surface area contributed by atoms with Crippen molar-refractivity contribution in [2.45, 2.75) is 77.0 Å². The van der Waals surface area contributed by atoms with Gasteiger partial charge in [0.05, 0.1) is 26.2 Å². The molecule has 4 atom stereocenters. The fraction of sp³-hybridized carbons (Fsp3) is 0.528.